The van der Waals surface area contributed by atoms with Gasteiger partial charge < -0.3 is 14.8 Å². The second-order valence-electron chi connectivity index (χ2n) is 4.33. The number of anilines is 2. The highest BCUT2D eigenvalue weighted by atomic mass is 35.5. The average Bonchev–Trinajstić information content (AvgIpc) is 2.51. The Labute approximate surface area is 134 Å². The Hall–Kier alpha value is -2.27. The minimum atomic E-state index is -0.446. The van der Waals surface area contributed by atoms with Crippen LogP contribution in [0.1, 0.15) is 24.2 Å². The molecule has 0 radical (unpaired) electrons. The van der Waals surface area contributed by atoms with Gasteiger partial charge in [-0.3, -0.25) is 0 Å². The SMILES string of the molecule is CCOC(=O)c1cnc(Nc2ccccc2OCC)c(Cl)c1. The van der Waals surface area contributed by atoms with Crippen molar-refractivity contribution >= 4 is 29.1 Å². The zero-order valence-corrected chi connectivity index (χ0v) is 13.2. The van der Waals surface area contributed by atoms with E-state index in [1.165, 1.54) is 12.3 Å². The van der Waals surface area contributed by atoms with Crippen LogP contribution in [0.4, 0.5) is 11.5 Å². The number of benzene rings is 1. The predicted octanol–water partition coefficient (Wildman–Crippen LogP) is 4.05. The summed E-state index contributed by atoms with van der Waals surface area (Å²) in [5.74, 6) is 0.706. The topological polar surface area (TPSA) is 60.5 Å². The molecule has 0 aliphatic carbocycles. The molecule has 1 heterocycles. The molecule has 1 N–H and O–H groups in total. The Kier molecular flexibility index (Phi) is 5.61. The first-order valence-electron chi connectivity index (χ1n) is 6.97. The monoisotopic (exact) mass is 320 g/mol. The van der Waals surface area contributed by atoms with Gasteiger partial charge in [-0.05, 0) is 32.0 Å². The number of para-hydroxylation sites is 2. The van der Waals surface area contributed by atoms with E-state index in [4.69, 9.17) is 21.1 Å². The number of hydrogen-bond acceptors (Lipinski definition) is 5. The van der Waals surface area contributed by atoms with Crippen LogP contribution in [0.15, 0.2) is 36.5 Å². The lowest BCUT2D eigenvalue weighted by molar-refractivity contribution is 0.0526. The lowest BCUT2D eigenvalue weighted by atomic mass is 10.2. The molecule has 22 heavy (non-hydrogen) atoms. The molecule has 2 aromatic rings. The largest absolute Gasteiger partial charge is 0.492 e. The van der Waals surface area contributed by atoms with E-state index in [0.717, 1.165) is 5.69 Å². The molecule has 0 saturated heterocycles. The molecule has 0 amide bonds. The third kappa shape index (κ3) is 3.89. The third-order valence-corrected chi connectivity index (χ3v) is 3.08. The van der Waals surface area contributed by atoms with Crippen LogP contribution in [-0.4, -0.2) is 24.2 Å². The average molecular weight is 321 g/mol. The predicted molar refractivity (Wildman–Crippen MR) is 86.1 cm³/mol. The van der Waals surface area contributed by atoms with Crippen LogP contribution in [0, 0.1) is 0 Å². The minimum Gasteiger partial charge on any atom is -0.492 e. The van der Waals surface area contributed by atoms with Crippen LogP contribution >= 0.6 is 11.6 Å². The van der Waals surface area contributed by atoms with Gasteiger partial charge in [0.25, 0.3) is 0 Å². The molecule has 6 heteroatoms. The van der Waals surface area contributed by atoms with Crippen molar-refractivity contribution in [3.63, 3.8) is 0 Å². The number of halogens is 1. The Bertz CT molecular complexity index is 662. The van der Waals surface area contributed by atoms with E-state index in [1.54, 1.807) is 6.92 Å². The Morgan fingerprint density at radius 3 is 2.73 bits per heavy atom. The third-order valence-electron chi connectivity index (χ3n) is 2.79. The number of nitrogens with one attached hydrogen (secondary N) is 1. The maximum absolute atomic E-state index is 11.6. The molecule has 0 atom stereocenters. The second-order valence-corrected chi connectivity index (χ2v) is 4.74. The number of rotatable bonds is 6. The van der Waals surface area contributed by atoms with Gasteiger partial charge in [-0.2, -0.15) is 0 Å². The fourth-order valence-electron chi connectivity index (χ4n) is 1.83. The summed E-state index contributed by atoms with van der Waals surface area (Å²) < 4.78 is 10.4. The number of carbonyl (C=O) groups is 1. The van der Waals surface area contributed by atoms with Crippen molar-refractivity contribution in [3.05, 3.63) is 47.1 Å². The van der Waals surface area contributed by atoms with Gasteiger partial charge in [0.2, 0.25) is 0 Å². The molecule has 0 saturated carbocycles. The molecule has 2 rings (SSSR count). The quantitative estimate of drug-likeness (QED) is 0.813. The van der Waals surface area contributed by atoms with Crippen molar-refractivity contribution in [1.82, 2.24) is 4.98 Å². The maximum Gasteiger partial charge on any atom is 0.339 e. The van der Waals surface area contributed by atoms with Crippen molar-refractivity contribution in [2.75, 3.05) is 18.5 Å². The van der Waals surface area contributed by atoms with E-state index in [0.29, 0.717) is 35.4 Å². The first kappa shape index (κ1) is 16.1. The van der Waals surface area contributed by atoms with Gasteiger partial charge in [0, 0.05) is 6.20 Å². The molecular weight excluding hydrogens is 304 g/mol. The molecule has 5 nitrogen and oxygen atoms in total. The molecule has 116 valence electrons. The normalized spacial score (nSPS) is 10.1. The number of esters is 1. The van der Waals surface area contributed by atoms with Gasteiger partial charge in [-0.1, -0.05) is 23.7 Å². The molecule has 0 bridgehead atoms. The number of aromatic nitrogens is 1. The number of ether oxygens (including phenoxy) is 2. The summed E-state index contributed by atoms with van der Waals surface area (Å²) >= 11 is 6.18. The summed E-state index contributed by atoms with van der Waals surface area (Å²) in [6, 6.07) is 9.01. The number of carbonyl (C=O) groups excluding carboxylic acids is 1. The second kappa shape index (κ2) is 7.66. The van der Waals surface area contributed by atoms with Crippen LogP contribution in [0.25, 0.3) is 0 Å². The van der Waals surface area contributed by atoms with Crippen LogP contribution in [0.5, 0.6) is 5.75 Å². The summed E-state index contributed by atoms with van der Waals surface area (Å²) in [7, 11) is 0. The van der Waals surface area contributed by atoms with Crippen LogP contribution in [0.2, 0.25) is 5.02 Å². The van der Waals surface area contributed by atoms with Crippen LogP contribution in [-0.2, 0) is 4.74 Å². The molecule has 0 spiro atoms. The Balaban J connectivity index is 2.22. The summed E-state index contributed by atoms with van der Waals surface area (Å²) in [5.41, 5.74) is 1.07. The molecular formula is C16H17ClN2O3. The summed E-state index contributed by atoms with van der Waals surface area (Å²) in [5, 5.41) is 3.43. The lowest BCUT2D eigenvalue weighted by Crippen LogP contribution is -2.06. The van der Waals surface area contributed by atoms with E-state index >= 15 is 0 Å². The van der Waals surface area contributed by atoms with Gasteiger partial charge in [-0.15, -0.1) is 0 Å². The molecule has 1 aromatic carbocycles. The standard InChI is InChI=1S/C16H17ClN2O3/c1-3-21-14-8-6-5-7-13(14)19-15-12(17)9-11(10-18-15)16(20)22-4-2/h5-10H,3-4H2,1-2H3,(H,18,19). The van der Waals surface area contributed by atoms with E-state index < -0.39 is 5.97 Å². The van der Waals surface area contributed by atoms with E-state index in [-0.39, 0.29) is 0 Å². The van der Waals surface area contributed by atoms with Crippen molar-refractivity contribution in [1.29, 1.82) is 0 Å². The Morgan fingerprint density at radius 2 is 2.05 bits per heavy atom. The van der Waals surface area contributed by atoms with E-state index in [1.807, 2.05) is 31.2 Å². The van der Waals surface area contributed by atoms with E-state index in [9.17, 15) is 4.79 Å². The van der Waals surface area contributed by atoms with Gasteiger partial charge in [0.15, 0.2) is 0 Å². The fraction of sp³-hybridized carbons (Fsp3) is 0.250. The highest BCUT2D eigenvalue weighted by Crippen LogP contribution is 2.30. The summed E-state index contributed by atoms with van der Waals surface area (Å²) in [6.45, 7) is 4.52. The van der Waals surface area contributed by atoms with Crippen molar-refractivity contribution < 1.29 is 14.3 Å². The van der Waals surface area contributed by atoms with Crippen LogP contribution < -0.4 is 10.1 Å². The van der Waals surface area contributed by atoms with Crippen molar-refractivity contribution in [2.24, 2.45) is 0 Å². The summed E-state index contributed by atoms with van der Waals surface area (Å²) in [4.78, 5) is 15.8. The smallest absolute Gasteiger partial charge is 0.339 e. The van der Waals surface area contributed by atoms with Gasteiger partial charge >= 0.3 is 5.97 Å². The molecule has 0 unspecified atom stereocenters. The fourth-order valence-corrected chi connectivity index (χ4v) is 2.05. The summed E-state index contributed by atoms with van der Waals surface area (Å²) in [6.07, 6.45) is 1.43. The van der Waals surface area contributed by atoms with Crippen molar-refractivity contribution in [2.45, 2.75) is 13.8 Å². The molecule has 0 aliphatic rings. The number of pyridine rings is 1. The van der Waals surface area contributed by atoms with Crippen LogP contribution in [0.3, 0.4) is 0 Å². The molecule has 0 aliphatic heterocycles. The van der Waals surface area contributed by atoms with Gasteiger partial charge in [0.05, 0.1) is 29.5 Å². The highest BCUT2D eigenvalue weighted by Gasteiger charge is 2.12. The van der Waals surface area contributed by atoms with Gasteiger partial charge in [-0.25, -0.2) is 9.78 Å². The first-order valence-corrected chi connectivity index (χ1v) is 7.35. The molecule has 0 fully saturated rings. The first-order chi connectivity index (χ1) is 10.7. The number of nitrogens with zero attached hydrogens (tertiary/aromatic N) is 1. The maximum atomic E-state index is 11.6. The highest BCUT2D eigenvalue weighted by molar-refractivity contribution is 6.33. The molecule has 1 aromatic heterocycles. The van der Waals surface area contributed by atoms with E-state index in [2.05, 4.69) is 10.3 Å². The lowest BCUT2D eigenvalue weighted by Gasteiger charge is -2.13. The zero-order valence-electron chi connectivity index (χ0n) is 12.4. The van der Waals surface area contributed by atoms with Gasteiger partial charge in [0.1, 0.15) is 11.6 Å². The zero-order chi connectivity index (χ0) is 15.9. The minimum absolute atomic E-state index is 0.304. The Morgan fingerprint density at radius 1 is 1.27 bits per heavy atom. The number of hydrogen-bond donors (Lipinski definition) is 1. The van der Waals surface area contributed by atoms with Crippen molar-refractivity contribution in [3.8, 4) is 5.75 Å².